The molecule has 0 fully saturated rings. The molecule has 0 aliphatic heterocycles. The van der Waals surface area contributed by atoms with Crippen molar-refractivity contribution < 1.29 is 14.2 Å². The molecule has 0 amide bonds. The van der Waals surface area contributed by atoms with Crippen LogP contribution in [0.4, 0.5) is 0 Å². The van der Waals surface area contributed by atoms with Gasteiger partial charge < -0.3 is 19.5 Å². The molecule has 1 aromatic carbocycles. The van der Waals surface area contributed by atoms with Crippen molar-refractivity contribution in [3.05, 3.63) is 30.4 Å². The number of methoxy groups -OCH3 is 3. The van der Waals surface area contributed by atoms with Crippen LogP contribution in [0.1, 0.15) is 18.5 Å². The number of ether oxygens (including phenoxy) is 3. The van der Waals surface area contributed by atoms with Gasteiger partial charge >= 0.3 is 0 Å². The first kappa shape index (κ1) is 14.4. The molecule has 18 heavy (non-hydrogen) atoms. The fourth-order valence-electron chi connectivity index (χ4n) is 1.91. The summed E-state index contributed by atoms with van der Waals surface area (Å²) in [6, 6.07) is 3.84. The van der Waals surface area contributed by atoms with E-state index in [2.05, 4.69) is 11.9 Å². The van der Waals surface area contributed by atoms with Gasteiger partial charge in [-0.1, -0.05) is 13.0 Å². The van der Waals surface area contributed by atoms with Crippen molar-refractivity contribution in [2.75, 3.05) is 27.9 Å². The van der Waals surface area contributed by atoms with E-state index in [-0.39, 0.29) is 6.04 Å². The van der Waals surface area contributed by atoms with Gasteiger partial charge in [-0.15, -0.1) is 6.58 Å². The van der Waals surface area contributed by atoms with Crippen molar-refractivity contribution in [3.63, 3.8) is 0 Å². The van der Waals surface area contributed by atoms with Gasteiger partial charge in [0, 0.05) is 5.56 Å². The number of rotatable bonds is 7. The Hall–Kier alpha value is -1.68. The quantitative estimate of drug-likeness (QED) is 0.756. The molecular formula is C14H21NO3. The average molecular weight is 251 g/mol. The van der Waals surface area contributed by atoms with Gasteiger partial charge in [0.05, 0.1) is 27.4 Å². The third kappa shape index (κ3) is 2.76. The molecule has 0 radical (unpaired) electrons. The first-order valence-corrected chi connectivity index (χ1v) is 5.88. The third-order valence-electron chi connectivity index (χ3n) is 2.73. The summed E-state index contributed by atoms with van der Waals surface area (Å²) in [5.74, 6) is 1.92. The molecule has 0 spiro atoms. The first-order valence-electron chi connectivity index (χ1n) is 5.88. The first-order chi connectivity index (χ1) is 8.73. The Morgan fingerprint density at radius 2 is 1.83 bits per heavy atom. The summed E-state index contributed by atoms with van der Waals surface area (Å²) >= 11 is 0. The Bertz CT molecular complexity index is 404. The van der Waals surface area contributed by atoms with Crippen LogP contribution in [0, 0.1) is 0 Å². The van der Waals surface area contributed by atoms with Crippen molar-refractivity contribution >= 4 is 0 Å². The minimum Gasteiger partial charge on any atom is -0.493 e. The minimum absolute atomic E-state index is 0.0183. The largest absolute Gasteiger partial charge is 0.493 e. The Morgan fingerprint density at radius 3 is 2.28 bits per heavy atom. The summed E-state index contributed by atoms with van der Waals surface area (Å²) in [6.45, 7) is 6.73. The van der Waals surface area contributed by atoms with Crippen molar-refractivity contribution in [1.29, 1.82) is 0 Å². The molecular weight excluding hydrogens is 230 g/mol. The van der Waals surface area contributed by atoms with Gasteiger partial charge in [0.1, 0.15) is 0 Å². The molecule has 4 nitrogen and oxygen atoms in total. The highest BCUT2D eigenvalue weighted by Gasteiger charge is 2.19. The monoisotopic (exact) mass is 251 g/mol. The van der Waals surface area contributed by atoms with Gasteiger partial charge in [-0.25, -0.2) is 0 Å². The molecule has 0 saturated heterocycles. The molecule has 1 atom stereocenters. The topological polar surface area (TPSA) is 39.7 Å². The predicted octanol–water partition coefficient (Wildman–Crippen LogP) is 2.55. The van der Waals surface area contributed by atoms with E-state index in [4.69, 9.17) is 14.2 Å². The number of hydrogen-bond donors (Lipinski definition) is 1. The molecule has 1 rings (SSSR count). The summed E-state index contributed by atoms with van der Waals surface area (Å²) in [4.78, 5) is 0. The van der Waals surface area contributed by atoms with E-state index in [9.17, 15) is 0 Å². The maximum absolute atomic E-state index is 5.45. The van der Waals surface area contributed by atoms with E-state index in [0.717, 1.165) is 12.1 Å². The van der Waals surface area contributed by atoms with Crippen molar-refractivity contribution in [2.45, 2.75) is 13.0 Å². The molecule has 1 unspecified atom stereocenters. The van der Waals surface area contributed by atoms with Gasteiger partial charge in [0.2, 0.25) is 5.75 Å². The molecule has 0 aliphatic rings. The molecule has 1 N–H and O–H groups in total. The van der Waals surface area contributed by atoms with Crippen LogP contribution in [-0.2, 0) is 0 Å². The van der Waals surface area contributed by atoms with Crippen LogP contribution < -0.4 is 19.5 Å². The van der Waals surface area contributed by atoms with Crippen LogP contribution in [0.15, 0.2) is 24.8 Å². The van der Waals surface area contributed by atoms with E-state index in [0.29, 0.717) is 17.2 Å². The lowest BCUT2D eigenvalue weighted by Crippen LogP contribution is -2.19. The number of benzene rings is 1. The standard InChI is InChI=1S/C14H21NO3/c1-6-11(15-7-2)10-8-9-12(16-3)14(18-5)13(10)17-4/h6,8-9,11,15H,1,7H2,2-5H3. The van der Waals surface area contributed by atoms with Crippen LogP contribution in [0.25, 0.3) is 0 Å². The van der Waals surface area contributed by atoms with Crippen LogP contribution in [-0.4, -0.2) is 27.9 Å². The second kappa shape index (κ2) is 6.91. The summed E-state index contributed by atoms with van der Waals surface area (Å²) in [5.41, 5.74) is 0.979. The van der Waals surface area contributed by atoms with Crippen molar-refractivity contribution in [2.24, 2.45) is 0 Å². The second-order valence-electron chi connectivity index (χ2n) is 3.69. The van der Waals surface area contributed by atoms with E-state index in [1.54, 1.807) is 21.3 Å². The van der Waals surface area contributed by atoms with E-state index in [1.807, 2.05) is 25.1 Å². The zero-order chi connectivity index (χ0) is 13.5. The Labute approximate surface area is 109 Å². The Kier molecular flexibility index (Phi) is 5.52. The van der Waals surface area contributed by atoms with Crippen LogP contribution in [0.3, 0.4) is 0 Å². The number of likely N-dealkylation sites (N-methyl/N-ethyl adjacent to an activating group) is 1. The fraction of sp³-hybridized carbons (Fsp3) is 0.429. The molecule has 0 heterocycles. The average Bonchev–Trinajstić information content (AvgIpc) is 2.42. The summed E-state index contributed by atoms with van der Waals surface area (Å²) in [6.07, 6.45) is 1.84. The van der Waals surface area contributed by atoms with Crippen molar-refractivity contribution in [1.82, 2.24) is 5.32 Å². The zero-order valence-electron chi connectivity index (χ0n) is 11.4. The molecule has 0 bridgehead atoms. The van der Waals surface area contributed by atoms with Crippen molar-refractivity contribution in [3.8, 4) is 17.2 Å². The van der Waals surface area contributed by atoms with E-state index >= 15 is 0 Å². The van der Waals surface area contributed by atoms with E-state index in [1.165, 1.54) is 0 Å². The highest BCUT2D eigenvalue weighted by atomic mass is 16.5. The zero-order valence-corrected chi connectivity index (χ0v) is 11.4. The third-order valence-corrected chi connectivity index (χ3v) is 2.73. The van der Waals surface area contributed by atoms with Gasteiger partial charge in [0.15, 0.2) is 11.5 Å². The molecule has 4 heteroatoms. The van der Waals surface area contributed by atoms with Gasteiger partial charge in [-0.3, -0.25) is 0 Å². The SMILES string of the molecule is C=CC(NCC)c1ccc(OC)c(OC)c1OC. The lowest BCUT2D eigenvalue weighted by molar-refractivity contribution is 0.320. The Morgan fingerprint density at radius 1 is 1.17 bits per heavy atom. The summed E-state index contributed by atoms with van der Waals surface area (Å²) in [5, 5.41) is 3.32. The molecule has 0 aromatic heterocycles. The maximum Gasteiger partial charge on any atom is 0.203 e. The van der Waals surface area contributed by atoms with Gasteiger partial charge in [-0.05, 0) is 18.7 Å². The fourth-order valence-corrected chi connectivity index (χ4v) is 1.91. The Balaban J connectivity index is 3.31. The highest BCUT2D eigenvalue weighted by molar-refractivity contribution is 5.57. The molecule has 100 valence electrons. The van der Waals surface area contributed by atoms with E-state index < -0.39 is 0 Å². The normalized spacial score (nSPS) is 11.8. The number of hydrogen-bond acceptors (Lipinski definition) is 4. The lowest BCUT2D eigenvalue weighted by Gasteiger charge is -2.20. The minimum atomic E-state index is 0.0183. The molecule has 0 aliphatic carbocycles. The summed E-state index contributed by atoms with van der Waals surface area (Å²) < 4.78 is 16.1. The van der Waals surface area contributed by atoms with Gasteiger partial charge in [-0.2, -0.15) is 0 Å². The van der Waals surface area contributed by atoms with Crippen LogP contribution in [0.5, 0.6) is 17.2 Å². The molecule has 1 aromatic rings. The smallest absolute Gasteiger partial charge is 0.203 e. The predicted molar refractivity (Wildman–Crippen MR) is 72.7 cm³/mol. The summed E-state index contributed by atoms with van der Waals surface area (Å²) in [7, 11) is 4.82. The number of nitrogens with one attached hydrogen (secondary N) is 1. The maximum atomic E-state index is 5.45. The second-order valence-corrected chi connectivity index (χ2v) is 3.69. The highest BCUT2D eigenvalue weighted by Crippen LogP contribution is 2.42. The lowest BCUT2D eigenvalue weighted by atomic mass is 10.0. The van der Waals surface area contributed by atoms with Crippen LogP contribution >= 0.6 is 0 Å². The molecule has 0 saturated carbocycles. The van der Waals surface area contributed by atoms with Gasteiger partial charge in [0.25, 0.3) is 0 Å². The van der Waals surface area contributed by atoms with Crippen LogP contribution in [0.2, 0.25) is 0 Å².